The molecule has 19 heavy (non-hydrogen) atoms. The summed E-state index contributed by atoms with van der Waals surface area (Å²) in [7, 11) is -4.69. The van der Waals surface area contributed by atoms with Gasteiger partial charge in [-0.3, -0.25) is 4.55 Å². The van der Waals surface area contributed by atoms with Gasteiger partial charge >= 0.3 is 41.5 Å². The molecule has 0 saturated carbocycles. The Morgan fingerprint density at radius 3 is 1.84 bits per heavy atom. The van der Waals surface area contributed by atoms with Crippen LogP contribution < -0.4 is 0 Å². The molecule has 0 bridgehead atoms. The molecule has 7 nitrogen and oxygen atoms in total. The van der Waals surface area contributed by atoms with Gasteiger partial charge in [-0.15, -0.1) is 0 Å². The number of carboxylic acid groups (broad SMARTS) is 2. The minimum atomic E-state index is -4.69. The van der Waals surface area contributed by atoms with Crippen LogP contribution in [0.5, 0.6) is 0 Å². The molecule has 1 rings (SSSR count). The Labute approximate surface area is 131 Å². The molecule has 0 saturated heterocycles. The van der Waals surface area contributed by atoms with Crippen molar-refractivity contribution in [1.82, 2.24) is 0 Å². The van der Waals surface area contributed by atoms with Crippen LogP contribution in [0.15, 0.2) is 11.0 Å². The van der Waals surface area contributed by atoms with Crippen LogP contribution in [-0.2, 0) is 10.1 Å². The summed E-state index contributed by atoms with van der Waals surface area (Å²) in [5.74, 6) is -2.93. The van der Waals surface area contributed by atoms with Crippen molar-refractivity contribution in [3.63, 3.8) is 0 Å². The Morgan fingerprint density at radius 2 is 1.53 bits per heavy atom. The van der Waals surface area contributed by atoms with Gasteiger partial charge in [0.05, 0.1) is 16.0 Å². The first kappa shape index (κ1) is 18.1. The van der Waals surface area contributed by atoms with Crippen molar-refractivity contribution < 1.29 is 32.8 Å². The molecule has 0 radical (unpaired) electrons. The molecule has 9 heteroatoms. The summed E-state index contributed by atoms with van der Waals surface area (Å²) in [6, 6.07) is 0.745. The van der Waals surface area contributed by atoms with E-state index in [1.807, 2.05) is 0 Å². The molecule has 0 amide bonds. The Balaban J connectivity index is 0.00000324. The average molecular weight is 298 g/mol. The molecule has 0 spiro atoms. The summed E-state index contributed by atoms with van der Waals surface area (Å²) >= 11 is 0. The van der Waals surface area contributed by atoms with Gasteiger partial charge in [0, 0.05) is 0 Å². The number of carbonyl (C=O) groups is 2. The standard InChI is InChI=1S/C10H10O7S.Na.H/c1-4-6(9(11)12)3-7(18(15,16)17)5(2)8(4)10(13)14;;/h3H,1-2H3,(H,11,12)(H,13,14)(H,15,16,17);;. The van der Waals surface area contributed by atoms with Crippen LogP contribution in [0.1, 0.15) is 31.8 Å². The van der Waals surface area contributed by atoms with Crippen molar-refractivity contribution in [2.24, 2.45) is 0 Å². The predicted molar refractivity (Wildman–Crippen MR) is 66.8 cm³/mol. The van der Waals surface area contributed by atoms with E-state index in [4.69, 9.17) is 14.8 Å². The van der Waals surface area contributed by atoms with Crippen molar-refractivity contribution in [1.29, 1.82) is 0 Å². The molecule has 1 aromatic carbocycles. The number of hydrogen-bond acceptors (Lipinski definition) is 4. The van der Waals surface area contributed by atoms with E-state index >= 15 is 0 Å². The first-order chi connectivity index (χ1) is 8.07. The summed E-state index contributed by atoms with van der Waals surface area (Å²) in [6.07, 6.45) is 0. The van der Waals surface area contributed by atoms with Gasteiger partial charge in [-0.1, -0.05) is 0 Å². The molecule has 0 aliphatic heterocycles. The van der Waals surface area contributed by atoms with Gasteiger partial charge in [0.25, 0.3) is 10.1 Å². The number of aromatic carboxylic acids is 2. The fourth-order valence-corrected chi connectivity index (χ4v) is 2.45. The molecule has 0 aliphatic rings. The van der Waals surface area contributed by atoms with Crippen LogP contribution in [0.2, 0.25) is 0 Å². The van der Waals surface area contributed by atoms with Gasteiger partial charge in [-0.25, -0.2) is 9.59 Å². The average Bonchev–Trinajstić information content (AvgIpc) is 2.13. The van der Waals surface area contributed by atoms with Crippen molar-refractivity contribution in [2.45, 2.75) is 18.7 Å². The van der Waals surface area contributed by atoms with Crippen molar-refractivity contribution in [2.75, 3.05) is 0 Å². The van der Waals surface area contributed by atoms with Crippen molar-refractivity contribution in [3.8, 4) is 0 Å². The van der Waals surface area contributed by atoms with Crippen LogP contribution >= 0.6 is 0 Å². The maximum absolute atomic E-state index is 11.1. The number of carboxylic acids is 2. The second kappa shape index (κ2) is 6.02. The quantitative estimate of drug-likeness (QED) is 0.540. The fraction of sp³-hybridized carbons (Fsp3) is 0.200. The summed E-state index contributed by atoms with van der Waals surface area (Å²) in [4.78, 5) is 21.2. The number of benzene rings is 1. The zero-order valence-corrected chi connectivity index (χ0v) is 10.3. The molecule has 1 aromatic rings. The molecule has 0 heterocycles. The van der Waals surface area contributed by atoms with E-state index in [1.165, 1.54) is 13.8 Å². The van der Waals surface area contributed by atoms with Gasteiger partial charge in [-0.05, 0) is 31.0 Å². The topological polar surface area (TPSA) is 129 Å². The molecule has 0 aromatic heterocycles. The number of rotatable bonds is 3. The predicted octanol–water partition coefficient (Wildman–Crippen LogP) is 0.298. The van der Waals surface area contributed by atoms with Gasteiger partial charge in [-0.2, -0.15) is 8.42 Å². The van der Waals surface area contributed by atoms with Crippen LogP contribution in [0.4, 0.5) is 0 Å². The summed E-state index contributed by atoms with van der Waals surface area (Å²) in [5.41, 5.74) is -1.19. The Morgan fingerprint density at radius 1 is 1.05 bits per heavy atom. The molecule has 0 fully saturated rings. The first-order valence-corrected chi connectivity index (χ1v) is 6.09. The Hall–Kier alpha value is -0.930. The van der Waals surface area contributed by atoms with E-state index in [0.29, 0.717) is 0 Å². The van der Waals surface area contributed by atoms with Crippen LogP contribution in [0.25, 0.3) is 0 Å². The van der Waals surface area contributed by atoms with E-state index in [0.717, 1.165) is 6.07 Å². The zero-order chi connectivity index (χ0) is 14.2. The molecule has 0 aliphatic carbocycles. The normalized spacial score (nSPS) is 10.7. The fourth-order valence-electron chi connectivity index (χ4n) is 1.70. The van der Waals surface area contributed by atoms with E-state index in [2.05, 4.69) is 0 Å². The van der Waals surface area contributed by atoms with Gasteiger partial charge < -0.3 is 10.2 Å². The molecule has 100 valence electrons. The second-order valence-corrected chi connectivity index (χ2v) is 5.02. The molecular weight excluding hydrogens is 287 g/mol. The van der Waals surface area contributed by atoms with Crippen LogP contribution in [-0.4, -0.2) is 64.7 Å². The van der Waals surface area contributed by atoms with E-state index in [1.54, 1.807) is 0 Å². The van der Waals surface area contributed by atoms with E-state index < -0.39 is 38.1 Å². The molecular formula is C10H11NaO7S. The third kappa shape index (κ3) is 3.54. The third-order valence-corrected chi connectivity index (χ3v) is 3.50. The molecule has 0 atom stereocenters. The van der Waals surface area contributed by atoms with E-state index in [-0.39, 0.29) is 40.7 Å². The Bertz CT molecular complexity index is 648. The zero-order valence-electron chi connectivity index (χ0n) is 9.46. The summed E-state index contributed by atoms with van der Waals surface area (Å²) in [5, 5.41) is 17.9. The minimum absolute atomic E-state index is 0. The second-order valence-electron chi connectivity index (χ2n) is 3.63. The van der Waals surface area contributed by atoms with Gasteiger partial charge in [0.1, 0.15) is 0 Å². The summed E-state index contributed by atoms with van der Waals surface area (Å²) in [6.45, 7) is 2.44. The Kier molecular flexibility index (Phi) is 5.72. The van der Waals surface area contributed by atoms with Crippen molar-refractivity contribution in [3.05, 3.63) is 28.3 Å². The monoisotopic (exact) mass is 298 g/mol. The van der Waals surface area contributed by atoms with Crippen molar-refractivity contribution >= 4 is 51.6 Å². The van der Waals surface area contributed by atoms with Crippen LogP contribution in [0.3, 0.4) is 0 Å². The van der Waals surface area contributed by atoms with E-state index in [9.17, 15) is 18.0 Å². The first-order valence-electron chi connectivity index (χ1n) is 4.65. The van der Waals surface area contributed by atoms with Gasteiger partial charge in [0.2, 0.25) is 0 Å². The number of hydrogen-bond donors (Lipinski definition) is 3. The SMILES string of the molecule is Cc1c(C(=O)O)cc(S(=O)(=O)O)c(C)c1C(=O)O.[NaH]. The molecule has 3 N–H and O–H groups in total. The molecule has 0 unspecified atom stereocenters. The summed E-state index contributed by atoms with van der Waals surface area (Å²) < 4.78 is 31.1. The third-order valence-electron chi connectivity index (χ3n) is 2.52. The van der Waals surface area contributed by atoms with Gasteiger partial charge in [0.15, 0.2) is 0 Å². The van der Waals surface area contributed by atoms with Crippen LogP contribution in [0, 0.1) is 13.8 Å². The maximum atomic E-state index is 11.1.